The zero-order valence-corrected chi connectivity index (χ0v) is 12.5. The number of nitrogens with zero attached hydrogens (tertiary/aromatic N) is 1. The average molecular weight is 260 g/mol. The van der Waals surface area contributed by atoms with Gasteiger partial charge < -0.3 is 5.32 Å². The van der Waals surface area contributed by atoms with Gasteiger partial charge in [0.05, 0.1) is 11.7 Å². The first-order valence-electron chi connectivity index (χ1n) is 6.86. The number of allylic oxidation sites excluding steroid dienone is 1. The van der Waals surface area contributed by atoms with Gasteiger partial charge in [0.2, 0.25) is 5.91 Å². The summed E-state index contributed by atoms with van der Waals surface area (Å²) < 4.78 is 0. The SMILES string of the molecule is CC/C=C(\C)C(=O)NC(c1ncccc1C)C(C)C. The molecule has 0 saturated carbocycles. The van der Waals surface area contributed by atoms with Crippen molar-refractivity contribution in [2.45, 2.75) is 47.1 Å². The van der Waals surface area contributed by atoms with Gasteiger partial charge in [-0.25, -0.2) is 0 Å². The van der Waals surface area contributed by atoms with Crippen molar-refractivity contribution < 1.29 is 4.79 Å². The Morgan fingerprint density at radius 3 is 2.68 bits per heavy atom. The molecule has 19 heavy (non-hydrogen) atoms. The predicted molar refractivity (Wildman–Crippen MR) is 78.7 cm³/mol. The lowest BCUT2D eigenvalue weighted by Crippen LogP contribution is -2.33. The highest BCUT2D eigenvalue weighted by molar-refractivity contribution is 5.93. The average Bonchev–Trinajstić information content (AvgIpc) is 2.36. The van der Waals surface area contributed by atoms with Gasteiger partial charge in [-0.15, -0.1) is 0 Å². The van der Waals surface area contributed by atoms with Crippen LogP contribution in [-0.4, -0.2) is 10.9 Å². The van der Waals surface area contributed by atoms with Crippen molar-refractivity contribution in [2.24, 2.45) is 5.92 Å². The number of aromatic nitrogens is 1. The van der Waals surface area contributed by atoms with E-state index in [9.17, 15) is 4.79 Å². The lowest BCUT2D eigenvalue weighted by atomic mass is 9.97. The summed E-state index contributed by atoms with van der Waals surface area (Å²) in [6.45, 7) is 10.1. The topological polar surface area (TPSA) is 42.0 Å². The maximum absolute atomic E-state index is 12.1. The first kappa shape index (κ1) is 15.4. The number of hydrogen-bond donors (Lipinski definition) is 1. The van der Waals surface area contributed by atoms with Crippen molar-refractivity contribution in [3.8, 4) is 0 Å². The van der Waals surface area contributed by atoms with Gasteiger partial charge in [0.1, 0.15) is 0 Å². The largest absolute Gasteiger partial charge is 0.344 e. The standard InChI is InChI=1S/C16H24N2O/c1-6-8-13(5)16(19)18-14(11(2)3)15-12(4)9-7-10-17-15/h7-11,14H,6H2,1-5H3,(H,18,19)/b13-8+. The van der Waals surface area contributed by atoms with Crippen molar-refractivity contribution in [1.82, 2.24) is 10.3 Å². The van der Waals surface area contributed by atoms with Crippen LogP contribution in [0.15, 0.2) is 30.0 Å². The Morgan fingerprint density at radius 1 is 1.47 bits per heavy atom. The second-order valence-corrected chi connectivity index (χ2v) is 5.20. The lowest BCUT2D eigenvalue weighted by molar-refractivity contribution is -0.118. The molecule has 3 heteroatoms. The number of carbonyl (C=O) groups excluding carboxylic acids is 1. The van der Waals surface area contributed by atoms with E-state index in [1.54, 1.807) is 6.20 Å². The van der Waals surface area contributed by atoms with Crippen LogP contribution in [0.3, 0.4) is 0 Å². The van der Waals surface area contributed by atoms with Crippen molar-refractivity contribution in [3.05, 3.63) is 41.2 Å². The second-order valence-electron chi connectivity index (χ2n) is 5.20. The van der Waals surface area contributed by atoms with Crippen LogP contribution in [0, 0.1) is 12.8 Å². The number of amides is 1. The number of carbonyl (C=O) groups is 1. The van der Waals surface area contributed by atoms with E-state index >= 15 is 0 Å². The summed E-state index contributed by atoms with van der Waals surface area (Å²) in [6, 6.07) is 3.90. The molecule has 3 nitrogen and oxygen atoms in total. The maximum Gasteiger partial charge on any atom is 0.247 e. The monoisotopic (exact) mass is 260 g/mol. The molecule has 1 aromatic heterocycles. The molecule has 1 N–H and O–H groups in total. The molecule has 1 aromatic rings. The Hall–Kier alpha value is -1.64. The quantitative estimate of drug-likeness (QED) is 0.822. The molecule has 0 aliphatic heterocycles. The van der Waals surface area contributed by atoms with Crippen LogP contribution in [0.1, 0.15) is 51.4 Å². The molecule has 0 aromatic carbocycles. The highest BCUT2D eigenvalue weighted by Gasteiger charge is 2.21. The number of rotatable bonds is 5. The van der Waals surface area contributed by atoms with E-state index < -0.39 is 0 Å². The van der Waals surface area contributed by atoms with Gasteiger partial charge in [-0.05, 0) is 37.8 Å². The molecular weight excluding hydrogens is 236 g/mol. The van der Waals surface area contributed by atoms with Crippen LogP contribution in [-0.2, 0) is 4.79 Å². The number of pyridine rings is 1. The fourth-order valence-electron chi connectivity index (χ4n) is 2.03. The second kappa shape index (κ2) is 7.07. The molecule has 0 bridgehead atoms. The molecule has 0 radical (unpaired) electrons. The molecule has 1 unspecified atom stereocenters. The Morgan fingerprint density at radius 2 is 2.16 bits per heavy atom. The highest BCUT2D eigenvalue weighted by Crippen LogP contribution is 2.22. The Balaban J connectivity index is 2.95. The summed E-state index contributed by atoms with van der Waals surface area (Å²) in [5.74, 6) is 0.289. The van der Waals surface area contributed by atoms with Gasteiger partial charge in [0, 0.05) is 11.8 Å². The van der Waals surface area contributed by atoms with Crippen molar-refractivity contribution in [1.29, 1.82) is 0 Å². The van der Waals surface area contributed by atoms with Crippen LogP contribution >= 0.6 is 0 Å². The van der Waals surface area contributed by atoms with Crippen LogP contribution in [0.25, 0.3) is 0 Å². The Kier molecular flexibility index (Phi) is 5.74. The molecule has 104 valence electrons. The van der Waals surface area contributed by atoms with E-state index in [1.807, 2.05) is 39.0 Å². The van der Waals surface area contributed by atoms with Gasteiger partial charge in [-0.3, -0.25) is 9.78 Å². The van der Waals surface area contributed by atoms with Gasteiger partial charge in [-0.2, -0.15) is 0 Å². The lowest BCUT2D eigenvalue weighted by Gasteiger charge is -2.23. The summed E-state index contributed by atoms with van der Waals surface area (Å²) in [7, 11) is 0. The normalized spacial score (nSPS) is 13.5. The van der Waals surface area contributed by atoms with Crippen LogP contribution in [0.4, 0.5) is 0 Å². The van der Waals surface area contributed by atoms with Crippen LogP contribution in [0.2, 0.25) is 0 Å². The first-order chi connectivity index (χ1) is 8.97. The van der Waals surface area contributed by atoms with Crippen molar-refractivity contribution in [3.63, 3.8) is 0 Å². The van der Waals surface area contributed by atoms with E-state index in [0.29, 0.717) is 5.92 Å². The fourth-order valence-corrected chi connectivity index (χ4v) is 2.03. The van der Waals surface area contributed by atoms with Crippen molar-refractivity contribution in [2.75, 3.05) is 0 Å². The number of hydrogen-bond acceptors (Lipinski definition) is 2. The predicted octanol–water partition coefficient (Wildman–Crippen LogP) is 3.56. The molecule has 0 fully saturated rings. The van der Waals surface area contributed by atoms with Gasteiger partial charge in [0.25, 0.3) is 0 Å². The highest BCUT2D eigenvalue weighted by atomic mass is 16.1. The zero-order valence-electron chi connectivity index (χ0n) is 12.5. The molecule has 0 saturated heterocycles. The molecule has 0 aliphatic carbocycles. The third kappa shape index (κ3) is 4.19. The zero-order chi connectivity index (χ0) is 14.4. The maximum atomic E-state index is 12.1. The minimum Gasteiger partial charge on any atom is -0.344 e. The third-order valence-electron chi connectivity index (χ3n) is 3.17. The molecule has 1 rings (SSSR count). The summed E-state index contributed by atoms with van der Waals surface area (Å²) in [6.07, 6.45) is 4.59. The number of nitrogens with one attached hydrogen (secondary N) is 1. The summed E-state index contributed by atoms with van der Waals surface area (Å²) >= 11 is 0. The fraction of sp³-hybridized carbons (Fsp3) is 0.500. The van der Waals surface area contributed by atoms with Crippen LogP contribution < -0.4 is 5.32 Å². The van der Waals surface area contributed by atoms with Gasteiger partial charge in [0.15, 0.2) is 0 Å². The summed E-state index contributed by atoms with van der Waals surface area (Å²) in [4.78, 5) is 16.5. The molecule has 1 heterocycles. The van der Waals surface area contributed by atoms with Crippen LogP contribution in [0.5, 0.6) is 0 Å². The van der Waals surface area contributed by atoms with Gasteiger partial charge >= 0.3 is 0 Å². The summed E-state index contributed by atoms with van der Waals surface area (Å²) in [5, 5.41) is 3.09. The first-order valence-corrected chi connectivity index (χ1v) is 6.86. The number of aryl methyl sites for hydroxylation is 1. The van der Waals surface area contributed by atoms with E-state index in [0.717, 1.165) is 23.3 Å². The minimum atomic E-state index is -0.0473. The molecule has 1 atom stereocenters. The van der Waals surface area contributed by atoms with Gasteiger partial charge in [-0.1, -0.05) is 32.9 Å². The minimum absolute atomic E-state index is 0.00870. The van der Waals surface area contributed by atoms with E-state index in [-0.39, 0.29) is 11.9 Å². The third-order valence-corrected chi connectivity index (χ3v) is 3.17. The summed E-state index contributed by atoms with van der Waals surface area (Å²) in [5.41, 5.74) is 2.83. The Bertz CT molecular complexity index is 464. The molecule has 1 amide bonds. The molecular formula is C16H24N2O. The van der Waals surface area contributed by atoms with E-state index in [2.05, 4.69) is 24.1 Å². The smallest absolute Gasteiger partial charge is 0.247 e. The van der Waals surface area contributed by atoms with E-state index in [1.165, 1.54) is 0 Å². The van der Waals surface area contributed by atoms with E-state index in [4.69, 9.17) is 0 Å². The van der Waals surface area contributed by atoms with Crippen molar-refractivity contribution >= 4 is 5.91 Å². The molecule has 0 aliphatic rings. The Labute approximate surface area is 116 Å². The molecule has 0 spiro atoms.